The zero-order valence-electron chi connectivity index (χ0n) is 8.75. The van der Waals surface area contributed by atoms with Gasteiger partial charge in [0.2, 0.25) is 0 Å². The molecule has 0 radical (unpaired) electrons. The van der Waals surface area contributed by atoms with Crippen molar-refractivity contribution in [3.63, 3.8) is 0 Å². The van der Waals surface area contributed by atoms with Crippen LogP contribution in [0, 0.1) is 5.92 Å². The number of nitrogens with one attached hydrogen (secondary N) is 1. The molecule has 0 heterocycles. The van der Waals surface area contributed by atoms with Crippen LogP contribution in [0.1, 0.15) is 37.3 Å². The normalized spacial score (nSPS) is 18.5. The second-order valence-corrected chi connectivity index (χ2v) is 5.22. The van der Waals surface area contributed by atoms with Crippen molar-refractivity contribution in [2.75, 3.05) is 0 Å². The van der Waals surface area contributed by atoms with Crippen molar-refractivity contribution in [1.29, 1.82) is 0 Å². The number of rotatable bonds is 4. The quantitative estimate of drug-likeness (QED) is 0.651. The second kappa shape index (κ2) is 5.10. The van der Waals surface area contributed by atoms with Crippen LogP contribution in [0.5, 0.6) is 0 Å². The molecular weight excluding hydrogens is 252 g/mol. The number of hydrogen-bond donors (Lipinski definition) is 2. The SMILES string of the molecule is NNC(CC1CCC1)c1cccc(Br)c1. The minimum absolute atomic E-state index is 0.299. The van der Waals surface area contributed by atoms with Crippen LogP contribution in [0.15, 0.2) is 28.7 Å². The highest BCUT2D eigenvalue weighted by Crippen LogP contribution is 2.34. The first-order valence-electron chi connectivity index (χ1n) is 5.51. The highest BCUT2D eigenvalue weighted by molar-refractivity contribution is 9.10. The van der Waals surface area contributed by atoms with Crippen molar-refractivity contribution in [2.45, 2.75) is 31.7 Å². The van der Waals surface area contributed by atoms with Crippen LogP contribution in [-0.4, -0.2) is 0 Å². The lowest BCUT2D eigenvalue weighted by Crippen LogP contribution is -2.31. The summed E-state index contributed by atoms with van der Waals surface area (Å²) in [6, 6.07) is 8.68. The van der Waals surface area contributed by atoms with Crippen LogP contribution < -0.4 is 11.3 Å². The Balaban J connectivity index is 2.04. The van der Waals surface area contributed by atoms with Crippen molar-refractivity contribution in [3.05, 3.63) is 34.3 Å². The van der Waals surface area contributed by atoms with Gasteiger partial charge in [-0.1, -0.05) is 47.3 Å². The number of nitrogens with two attached hydrogens (primary N) is 1. The first-order valence-corrected chi connectivity index (χ1v) is 6.30. The summed E-state index contributed by atoms with van der Waals surface area (Å²) < 4.78 is 1.12. The average molecular weight is 269 g/mol. The number of hydrogen-bond acceptors (Lipinski definition) is 2. The van der Waals surface area contributed by atoms with Gasteiger partial charge < -0.3 is 0 Å². The van der Waals surface area contributed by atoms with E-state index in [-0.39, 0.29) is 0 Å². The van der Waals surface area contributed by atoms with E-state index in [2.05, 4.69) is 39.6 Å². The molecule has 1 unspecified atom stereocenters. The van der Waals surface area contributed by atoms with E-state index in [4.69, 9.17) is 5.84 Å². The topological polar surface area (TPSA) is 38.0 Å². The van der Waals surface area contributed by atoms with Crippen LogP contribution in [0.3, 0.4) is 0 Å². The summed E-state index contributed by atoms with van der Waals surface area (Å²) >= 11 is 3.49. The van der Waals surface area contributed by atoms with Crippen LogP contribution >= 0.6 is 15.9 Å². The highest BCUT2D eigenvalue weighted by Gasteiger charge is 2.22. The molecule has 2 nitrogen and oxygen atoms in total. The predicted molar refractivity (Wildman–Crippen MR) is 66.2 cm³/mol. The minimum atomic E-state index is 0.299. The largest absolute Gasteiger partial charge is 0.271 e. The summed E-state index contributed by atoms with van der Waals surface area (Å²) in [5, 5.41) is 0. The fourth-order valence-corrected chi connectivity index (χ4v) is 2.50. The van der Waals surface area contributed by atoms with Gasteiger partial charge in [-0.3, -0.25) is 11.3 Å². The van der Waals surface area contributed by atoms with Crippen molar-refractivity contribution < 1.29 is 0 Å². The lowest BCUT2D eigenvalue weighted by atomic mass is 9.80. The zero-order chi connectivity index (χ0) is 10.7. The molecule has 1 saturated carbocycles. The monoisotopic (exact) mass is 268 g/mol. The molecule has 1 aromatic carbocycles. The van der Waals surface area contributed by atoms with E-state index >= 15 is 0 Å². The van der Waals surface area contributed by atoms with E-state index < -0.39 is 0 Å². The van der Waals surface area contributed by atoms with E-state index in [1.54, 1.807) is 0 Å². The van der Waals surface area contributed by atoms with Gasteiger partial charge in [-0.25, -0.2) is 0 Å². The van der Waals surface area contributed by atoms with Gasteiger partial charge in [-0.05, 0) is 30.0 Å². The molecule has 1 fully saturated rings. The van der Waals surface area contributed by atoms with Gasteiger partial charge in [0.1, 0.15) is 0 Å². The number of hydrazine groups is 1. The molecule has 0 amide bonds. The van der Waals surface area contributed by atoms with Crippen molar-refractivity contribution in [3.8, 4) is 0 Å². The minimum Gasteiger partial charge on any atom is -0.271 e. The maximum Gasteiger partial charge on any atom is 0.0463 e. The molecule has 1 aliphatic carbocycles. The number of benzene rings is 1. The van der Waals surface area contributed by atoms with E-state index in [0.29, 0.717) is 6.04 Å². The van der Waals surface area contributed by atoms with Gasteiger partial charge in [0.25, 0.3) is 0 Å². The van der Waals surface area contributed by atoms with E-state index in [1.807, 2.05) is 6.07 Å². The molecule has 0 bridgehead atoms. The van der Waals surface area contributed by atoms with Crippen molar-refractivity contribution >= 4 is 15.9 Å². The summed E-state index contributed by atoms with van der Waals surface area (Å²) in [4.78, 5) is 0. The third-order valence-corrected chi connectivity index (χ3v) is 3.74. The Morgan fingerprint density at radius 3 is 2.80 bits per heavy atom. The molecule has 15 heavy (non-hydrogen) atoms. The smallest absolute Gasteiger partial charge is 0.0463 e. The maximum atomic E-state index is 5.62. The highest BCUT2D eigenvalue weighted by atomic mass is 79.9. The molecule has 3 heteroatoms. The average Bonchev–Trinajstić information content (AvgIpc) is 2.16. The molecular formula is C12H17BrN2. The Kier molecular flexibility index (Phi) is 3.78. The molecule has 0 spiro atoms. The predicted octanol–water partition coefficient (Wildman–Crippen LogP) is 3.14. The van der Waals surface area contributed by atoms with Gasteiger partial charge >= 0.3 is 0 Å². The second-order valence-electron chi connectivity index (χ2n) is 4.31. The van der Waals surface area contributed by atoms with Gasteiger partial charge in [0.05, 0.1) is 0 Å². The molecule has 0 saturated heterocycles. The summed E-state index contributed by atoms with van der Waals surface area (Å²) in [5.74, 6) is 6.48. The Morgan fingerprint density at radius 2 is 2.27 bits per heavy atom. The fraction of sp³-hybridized carbons (Fsp3) is 0.500. The van der Waals surface area contributed by atoms with Crippen LogP contribution in [0.4, 0.5) is 0 Å². The first kappa shape index (κ1) is 11.1. The lowest BCUT2D eigenvalue weighted by Gasteiger charge is -2.29. The Labute approximate surface area is 99.3 Å². The van der Waals surface area contributed by atoms with Crippen LogP contribution in [0.2, 0.25) is 0 Å². The van der Waals surface area contributed by atoms with E-state index in [9.17, 15) is 0 Å². The first-order chi connectivity index (χ1) is 7.29. The Morgan fingerprint density at radius 1 is 1.47 bits per heavy atom. The van der Waals surface area contributed by atoms with Crippen LogP contribution in [-0.2, 0) is 0 Å². The maximum absolute atomic E-state index is 5.62. The molecule has 1 aliphatic rings. The van der Waals surface area contributed by atoms with E-state index in [0.717, 1.165) is 16.8 Å². The van der Waals surface area contributed by atoms with Crippen molar-refractivity contribution in [1.82, 2.24) is 5.43 Å². The Hall–Kier alpha value is -0.380. The Bertz CT molecular complexity index is 323. The van der Waals surface area contributed by atoms with E-state index in [1.165, 1.54) is 24.8 Å². The molecule has 0 aromatic heterocycles. The summed E-state index contributed by atoms with van der Waals surface area (Å²) in [7, 11) is 0. The van der Waals surface area contributed by atoms with Crippen LogP contribution in [0.25, 0.3) is 0 Å². The van der Waals surface area contributed by atoms with Crippen molar-refractivity contribution in [2.24, 2.45) is 11.8 Å². The van der Waals surface area contributed by atoms with Gasteiger partial charge in [0.15, 0.2) is 0 Å². The third kappa shape index (κ3) is 2.80. The molecule has 3 N–H and O–H groups in total. The molecule has 1 aromatic rings. The standard InChI is InChI=1S/C12H17BrN2/c13-11-6-2-5-10(8-11)12(15-14)7-9-3-1-4-9/h2,5-6,8-9,12,15H,1,3-4,7,14H2. The summed E-state index contributed by atoms with van der Waals surface area (Å²) in [5.41, 5.74) is 4.20. The fourth-order valence-electron chi connectivity index (χ4n) is 2.09. The number of halogens is 1. The lowest BCUT2D eigenvalue weighted by molar-refractivity contribution is 0.262. The summed E-state index contributed by atoms with van der Waals surface area (Å²) in [6.45, 7) is 0. The van der Waals surface area contributed by atoms with Gasteiger partial charge in [-0.15, -0.1) is 0 Å². The molecule has 0 aliphatic heterocycles. The zero-order valence-corrected chi connectivity index (χ0v) is 10.3. The molecule has 82 valence electrons. The van der Waals surface area contributed by atoms with Gasteiger partial charge in [-0.2, -0.15) is 0 Å². The summed E-state index contributed by atoms with van der Waals surface area (Å²) in [6.07, 6.45) is 5.28. The van der Waals surface area contributed by atoms with Gasteiger partial charge in [0, 0.05) is 10.5 Å². The molecule has 2 rings (SSSR count). The molecule has 1 atom stereocenters. The third-order valence-electron chi connectivity index (χ3n) is 3.25.